The Morgan fingerprint density at radius 1 is 1.18 bits per heavy atom. The van der Waals surface area contributed by atoms with Crippen LogP contribution < -0.4 is 4.74 Å². The molecule has 7 rings (SSSR count). The Balaban J connectivity index is 1.37. The fourth-order valence-corrected chi connectivity index (χ4v) is 8.12. The third kappa shape index (κ3) is 5.99. The molecule has 0 bridgehead atoms. The minimum atomic E-state index is -0.521. The van der Waals surface area contributed by atoms with E-state index in [0.717, 1.165) is 52.3 Å². The standard InChI is InChI=1S/C38H41ClFN7O3/c1-22-17-31-29(20-42-44-31)33(23(22)2)34-30(39)19-28-36(35(34)40)43-38(50-21-26-7-5-13-45(26)3)27-11-15-47(37(27)28)25-10-14-46(24(18-25)9-12-41)32(48)8-6-16-49-4/h6,8,11,15,17,19-20,24-26H,5,7,9-10,13-14,16,18,21H2,1-4H3,(H,42,44)/b8-6+/t24-,25+,26+/m1/s1. The molecule has 0 aliphatic carbocycles. The van der Waals surface area contributed by atoms with E-state index >= 15 is 4.39 Å². The molecule has 1 amide bonds. The topological polar surface area (TPSA) is 112 Å². The van der Waals surface area contributed by atoms with Crippen molar-refractivity contribution < 1.29 is 18.7 Å². The maximum atomic E-state index is 17.2. The van der Waals surface area contributed by atoms with Crippen LogP contribution in [0.3, 0.4) is 0 Å². The number of fused-ring (bicyclic) bond motifs is 4. The number of rotatable bonds is 9. The number of hydrogen-bond acceptors (Lipinski definition) is 7. The van der Waals surface area contributed by atoms with Crippen LogP contribution in [0.15, 0.2) is 42.7 Å². The van der Waals surface area contributed by atoms with Crippen LogP contribution in [-0.2, 0) is 9.53 Å². The lowest BCUT2D eigenvalue weighted by molar-refractivity contribution is -0.130. The molecule has 1 N–H and O–H groups in total. The monoisotopic (exact) mass is 697 g/mol. The second-order valence-electron chi connectivity index (χ2n) is 13.5. The summed E-state index contributed by atoms with van der Waals surface area (Å²) in [4.78, 5) is 22.0. The third-order valence-electron chi connectivity index (χ3n) is 10.6. The van der Waals surface area contributed by atoms with Crippen molar-refractivity contribution in [2.75, 3.05) is 40.5 Å². The van der Waals surface area contributed by atoms with Crippen molar-refractivity contribution in [3.8, 4) is 23.1 Å². The molecular weight excluding hydrogens is 657 g/mol. The highest BCUT2D eigenvalue weighted by Crippen LogP contribution is 2.45. The van der Waals surface area contributed by atoms with E-state index in [2.05, 4.69) is 32.8 Å². The molecule has 12 heteroatoms. The number of H-pyrrole nitrogens is 1. The Morgan fingerprint density at radius 2 is 2.02 bits per heavy atom. The zero-order chi connectivity index (χ0) is 35.1. The van der Waals surface area contributed by atoms with Crippen molar-refractivity contribution in [2.45, 2.75) is 64.1 Å². The van der Waals surface area contributed by atoms with Gasteiger partial charge in [-0.25, -0.2) is 9.37 Å². The van der Waals surface area contributed by atoms with Crippen molar-refractivity contribution in [2.24, 2.45) is 0 Å². The number of nitrogens with one attached hydrogen (secondary N) is 1. The number of methoxy groups -OCH3 is 1. The summed E-state index contributed by atoms with van der Waals surface area (Å²) >= 11 is 7.07. The van der Waals surface area contributed by atoms with E-state index in [-0.39, 0.29) is 46.6 Å². The van der Waals surface area contributed by atoms with Gasteiger partial charge < -0.3 is 23.8 Å². The second-order valence-corrected chi connectivity index (χ2v) is 13.9. The van der Waals surface area contributed by atoms with E-state index in [1.165, 1.54) is 6.08 Å². The summed E-state index contributed by atoms with van der Waals surface area (Å²) in [5.74, 6) is -0.288. The molecule has 2 aliphatic heterocycles. The zero-order valence-electron chi connectivity index (χ0n) is 28.8. The van der Waals surface area contributed by atoms with Gasteiger partial charge in [0.1, 0.15) is 12.1 Å². The van der Waals surface area contributed by atoms with Gasteiger partial charge in [0.2, 0.25) is 11.8 Å². The van der Waals surface area contributed by atoms with Crippen LogP contribution >= 0.6 is 11.6 Å². The molecule has 3 atom stereocenters. The normalized spacial score (nSPS) is 20.1. The van der Waals surface area contributed by atoms with E-state index in [1.54, 1.807) is 24.3 Å². The molecule has 2 aromatic carbocycles. The molecule has 260 valence electrons. The van der Waals surface area contributed by atoms with E-state index < -0.39 is 5.82 Å². The summed E-state index contributed by atoms with van der Waals surface area (Å²) in [6, 6.07) is 7.95. The fourth-order valence-electron chi connectivity index (χ4n) is 7.84. The average molecular weight is 698 g/mol. The van der Waals surface area contributed by atoms with Gasteiger partial charge in [-0.3, -0.25) is 9.89 Å². The molecule has 50 heavy (non-hydrogen) atoms. The molecule has 0 unspecified atom stereocenters. The number of aromatic amines is 1. The van der Waals surface area contributed by atoms with Gasteiger partial charge in [0, 0.05) is 66.0 Å². The first-order valence-corrected chi connectivity index (χ1v) is 17.5. The smallest absolute Gasteiger partial charge is 0.246 e. The second kappa shape index (κ2) is 14.0. The number of carbonyl (C=O) groups excluding carboxylic acids is 1. The van der Waals surface area contributed by atoms with Gasteiger partial charge in [0.25, 0.3) is 0 Å². The van der Waals surface area contributed by atoms with Gasteiger partial charge in [0.15, 0.2) is 5.82 Å². The van der Waals surface area contributed by atoms with E-state index in [0.29, 0.717) is 49.4 Å². The number of amides is 1. The first-order valence-electron chi connectivity index (χ1n) is 17.1. The molecule has 3 aromatic heterocycles. The molecule has 2 fully saturated rings. The van der Waals surface area contributed by atoms with Crippen LogP contribution in [0, 0.1) is 31.0 Å². The number of piperidine rings is 1. The van der Waals surface area contributed by atoms with Crippen molar-refractivity contribution in [1.82, 2.24) is 29.5 Å². The molecular formula is C38H41ClFN7O3. The van der Waals surface area contributed by atoms with Gasteiger partial charge in [0.05, 0.1) is 46.7 Å². The van der Waals surface area contributed by atoms with Gasteiger partial charge in [-0.2, -0.15) is 10.4 Å². The number of benzene rings is 2. The largest absolute Gasteiger partial charge is 0.476 e. The average Bonchev–Trinajstić information content (AvgIpc) is 3.86. The number of aryl methyl sites for hydroxylation is 1. The number of likely N-dealkylation sites (N-methyl/N-ethyl adjacent to an activating group) is 1. The zero-order valence-corrected chi connectivity index (χ0v) is 29.6. The number of halogens is 2. The van der Waals surface area contributed by atoms with Crippen molar-refractivity contribution in [3.05, 3.63) is 64.7 Å². The van der Waals surface area contributed by atoms with Gasteiger partial charge in [-0.05, 0) is 82.4 Å². The number of pyridine rings is 1. The quantitative estimate of drug-likeness (QED) is 0.161. The molecule has 0 radical (unpaired) electrons. The maximum absolute atomic E-state index is 17.2. The number of ether oxygens (including phenoxy) is 2. The minimum absolute atomic E-state index is 0.0663. The Labute approximate surface area is 295 Å². The Kier molecular flexibility index (Phi) is 9.53. The van der Waals surface area contributed by atoms with Crippen LogP contribution in [0.1, 0.15) is 49.3 Å². The Hall–Kier alpha value is -4.50. The SMILES string of the molecule is COC/C=C/C(=O)N1CC[C@H](n2ccc3c(OC[C@@H]4CCCN4C)nc4c(F)c(-c5c(C)c(C)cc6[nH]ncc56)c(Cl)cc4c32)C[C@H]1CC#N. The van der Waals surface area contributed by atoms with Crippen LogP contribution in [0.4, 0.5) is 4.39 Å². The lowest BCUT2D eigenvalue weighted by atomic mass is 9.92. The van der Waals surface area contributed by atoms with Crippen molar-refractivity contribution >= 4 is 50.2 Å². The van der Waals surface area contributed by atoms with Crippen LogP contribution in [0.2, 0.25) is 5.02 Å². The van der Waals surface area contributed by atoms with Crippen molar-refractivity contribution in [1.29, 1.82) is 5.26 Å². The Morgan fingerprint density at radius 3 is 2.78 bits per heavy atom. The van der Waals surface area contributed by atoms with E-state index in [9.17, 15) is 10.1 Å². The maximum Gasteiger partial charge on any atom is 0.246 e. The number of likely N-dealkylation sites (tertiary alicyclic amines) is 2. The highest BCUT2D eigenvalue weighted by molar-refractivity contribution is 6.35. The molecule has 2 aliphatic rings. The summed E-state index contributed by atoms with van der Waals surface area (Å²) in [5.41, 5.74) is 4.60. The highest BCUT2D eigenvalue weighted by Gasteiger charge is 2.33. The highest BCUT2D eigenvalue weighted by atomic mass is 35.5. The minimum Gasteiger partial charge on any atom is -0.476 e. The van der Waals surface area contributed by atoms with Gasteiger partial charge >= 0.3 is 0 Å². The number of aromatic nitrogens is 4. The number of nitriles is 1. The first-order chi connectivity index (χ1) is 24.2. The molecule has 2 saturated heterocycles. The molecule has 5 aromatic rings. The molecule has 0 spiro atoms. The van der Waals surface area contributed by atoms with E-state index in [4.69, 9.17) is 26.1 Å². The fraction of sp³-hybridized carbons (Fsp3) is 0.421. The summed E-state index contributed by atoms with van der Waals surface area (Å²) in [5, 5.41) is 19.4. The lowest BCUT2D eigenvalue weighted by Crippen LogP contribution is -2.45. The van der Waals surface area contributed by atoms with E-state index in [1.807, 2.05) is 38.2 Å². The predicted octanol–water partition coefficient (Wildman–Crippen LogP) is 7.26. The predicted molar refractivity (Wildman–Crippen MR) is 193 cm³/mol. The van der Waals surface area contributed by atoms with Crippen LogP contribution in [0.5, 0.6) is 5.88 Å². The van der Waals surface area contributed by atoms with Gasteiger partial charge in [-0.15, -0.1) is 0 Å². The van der Waals surface area contributed by atoms with Crippen LogP contribution in [-0.4, -0.2) is 88.0 Å². The summed E-state index contributed by atoms with van der Waals surface area (Å²) in [7, 11) is 3.67. The first kappa shape index (κ1) is 34.0. The lowest BCUT2D eigenvalue weighted by Gasteiger charge is -2.39. The van der Waals surface area contributed by atoms with Crippen LogP contribution in [0.25, 0.3) is 43.8 Å². The molecule has 0 saturated carbocycles. The number of nitrogens with zero attached hydrogens (tertiary/aromatic N) is 6. The number of carbonyl (C=O) groups is 1. The molecule has 10 nitrogen and oxygen atoms in total. The van der Waals surface area contributed by atoms with Crippen molar-refractivity contribution in [3.63, 3.8) is 0 Å². The van der Waals surface area contributed by atoms with Gasteiger partial charge in [-0.1, -0.05) is 17.7 Å². The Bertz CT molecular complexity index is 2170. The molecule has 5 heterocycles. The summed E-state index contributed by atoms with van der Waals surface area (Å²) < 4.78 is 30.9. The third-order valence-corrected chi connectivity index (χ3v) is 10.9. The summed E-state index contributed by atoms with van der Waals surface area (Å²) in [6.45, 7) is 6.20. The number of hydrogen-bond donors (Lipinski definition) is 1. The summed E-state index contributed by atoms with van der Waals surface area (Å²) in [6.07, 6.45) is 10.4.